The van der Waals surface area contributed by atoms with Crippen molar-refractivity contribution in [2.75, 3.05) is 7.11 Å². The molecule has 0 saturated carbocycles. The second-order valence-corrected chi connectivity index (χ2v) is 4.92. The van der Waals surface area contributed by atoms with Crippen molar-refractivity contribution in [2.45, 2.75) is 5.92 Å². The van der Waals surface area contributed by atoms with E-state index in [1.54, 1.807) is 19.2 Å². The average Bonchev–Trinajstić information content (AvgIpc) is 2.53. The summed E-state index contributed by atoms with van der Waals surface area (Å²) in [4.78, 5) is 0. The van der Waals surface area contributed by atoms with Crippen LogP contribution in [0.25, 0.3) is 0 Å². The second kappa shape index (κ2) is 5.34. The van der Waals surface area contributed by atoms with Crippen LogP contribution in [0.15, 0.2) is 53.9 Å². The molecule has 3 rings (SSSR count). The van der Waals surface area contributed by atoms with Crippen LogP contribution in [0, 0.1) is 11.3 Å². The molecule has 0 unspecified atom stereocenters. The highest BCUT2D eigenvalue weighted by Gasteiger charge is 2.30. The number of nitrogens with two attached hydrogens (primary N) is 1. The summed E-state index contributed by atoms with van der Waals surface area (Å²) < 4.78 is 10.7. The first-order valence-electron chi connectivity index (χ1n) is 6.68. The Balaban J connectivity index is 2.21. The number of hydrogen-bond acceptors (Lipinski definition) is 5. The molecule has 1 aliphatic heterocycles. The van der Waals surface area contributed by atoms with Gasteiger partial charge in [0.15, 0.2) is 0 Å². The lowest BCUT2D eigenvalue weighted by molar-refractivity contribution is 0.387. The highest BCUT2D eigenvalue weighted by molar-refractivity contribution is 5.57. The molecule has 110 valence electrons. The van der Waals surface area contributed by atoms with E-state index in [9.17, 15) is 10.4 Å². The summed E-state index contributed by atoms with van der Waals surface area (Å²) in [5.74, 6) is 0.915. The van der Waals surface area contributed by atoms with Crippen LogP contribution < -0.4 is 15.2 Å². The maximum atomic E-state index is 9.61. The van der Waals surface area contributed by atoms with Crippen LogP contribution in [-0.2, 0) is 0 Å². The fourth-order valence-corrected chi connectivity index (χ4v) is 2.61. The molecule has 1 heterocycles. The van der Waals surface area contributed by atoms with Crippen LogP contribution in [0.5, 0.6) is 17.2 Å². The fourth-order valence-electron chi connectivity index (χ4n) is 2.61. The lowest BCUT2D eigenvalue weighted by Crippen LogP contribution is -2.20. The molecule has 0 amide bonds. The van der Waals surface area contributed by atoms with E-state index in [1.165, 1.54) is 6.07 Å². The van der Waals surface area contributed by atoms with E-state index in [4.69, 9.17) is 15.2 Å². The van der Waals surface area contributed by atoms with E-state index in [2.05, 4.69) is 6.07 Å². The number of ether oxygens (including phenoxy) is 2. The normalized spacial score (nSPS) is 16.5. The van der Waals surface area contributed by atoms with Gasteiger partial charge in [-0.05, 0) is 23.8 Å². The Morgan fingerprint density at radius 2 is 2.09 bits per heavy atom. The molecule has 1 aliphatic rings. The molecule has 0 aliphatic carbocycles. The molecule has 3 N–H and O–H groups in total. The van der Waals surface area contributed by atoms with Crippen molar-refractivity contribution in [3.05, 3.63) is 65.0 Å². The molecule has 0 radical (unpaired) electrons. The van der Waals surface area contributed by atoms with E-state index in [0.29, 0.717) is 17.1 Å². The molecule has 0 aromatic heterocycles. The fraction of sp³-hybridized carbons (Fsp3) is 0.118. The number of nitriles is 1. The quantitative estimate of drug-likeness (QED) is 0.888. The molecule has 5 heteroatoms. The average molecular weight is 294 g/mol. The highest BCUT2D eigenvalue weighted by atomic mass is 16.5. The SMILES string of the molecule is COc1cccc([C@@H]2C(C#N)=C(N)Oc3cc(O)ccc32)c1. The van der Waals surface area contributed by atoms with Gasteiger partial charge in [0.25, 0.3) is 0 Å². The number of fused-ring (bicyclic) bond motifs is 1. The molecule has 0 spiro atoms. The van der Waals surface area contributed by atoms with Crippen molar-refractivity contribution >= 4 is 0 Å². The van der Waals surface area contributed by atoms with Crippen LogP contribution in [0.4, 0.5) is 0 Å². The van der Waals surface area contributed by atoms with Gasteiger partial charge in [-0.3, -0.25) is 0 Å². The highest BCUT2D eigenvalue weighted by Crippen LogP contribution is 2.43. The predicted molar refractivity (Wildman–Crippen MR) is 80.4 cm³/mol. The van der Waals surface area contributed by atoms with Crippen LogP contribution in [0.2, 0.25) is 0 Å². The van der Waals surface area contributed by atoms with Gasteiger partial charge in [0.1, 0.15) is 28.9 Å². The Kier molecular flexibility index (Phi) is 3.36. The Morgan fingerprint density at radius 1 is 1.27 bits per heavy atom. The van der Waals surface area contributed by atoms with Gasteiger partial charge in [-0.1, -0.05) is 18.2 Å². The van der Waals surface area contributed by atoms with Gasteiger partial charge < -0.3 is 20.3 Å². The van der Waals surface area contributed by atoms with Gasteiger partial charge >= 0.3 is 0 Å². The molecule has 1 atom stereocenters. The van der Waals surface area contributed by atoms with E-state index in [0.717, 1.165) is 11.1 Å². The third kappa shape index (κ3) is 2.21. The first-order valence-corrected chi connectivity index (χ1v) is 6.68. The molecule has 22 heavy (non-hydrogen) atoms. The maximum absolute atomic E-state index is 9.61. The summed E-state index contributed by atoms with van der Waals surface area (Å²) in [6, 6.07) is 14.4. The van der Waals surface area contributed by atoms with Gasteiger partial charge in [-0.2, -0.15) is 5.26 Å². The van der Waals surface area contributed by atoms with E-state index < -0.39 is 0 Å². The minimum absolute atomic E-state index is 0.0495. The number of benzene rings is 2. The van der Waals surface area contributed by atoms with Crippen molar-refractivity contribution in [3.8, 4) is 23.3 Å². The van der Waals surface area contributed by atoms with Crippen LogP contribution in [0.3, 0.4) is 0 Å². The summed E-state index contributed by atoms with van der Waals surface area (Å²) in [6.07, 6.45) is 0. The van der Waals surface area contributed by atoms with Gasteiger partial charge in [-0.25, -0.2) is 0 Å². The number of hydrogen-bond donors (Lipinski definition) is 2. The van der Waals surface area contributed by atoms with Crippen LogP contribution in [0.1, 0.15) is 17.0 Å². The van der Waals surface area contributed by atoms with Gasteiger partial charge in [0.2, 0.25) is 5.88 Å². The zero-order valence-corrected chi connectivity index (χ0v) is 11.9. The first-order chi connectivity index (χ1) is 10.6. The van der Waals surface area contributed by atoms with E-state index >= 15 is 0 Å². The van der Waals surface area contributed by atoms with Crippen LogP contribution >= 0.6 is 0 Å². The van der Waals surface area contributed by atoms with E-state index in [1.807, 2.05) is 24.3 Å². The molecule has 2 aromatic rings. The number of rotatable bonds is 2. The van der Waals surface area contributed by atoms with E-state index in [-0.39, 0.29) is 17.6 Å². The van der Waals surface area contributed by atoms with Crippen LogP contribution in [-0.4, -0.2) is 12.2 Å². The number of methoxy groups -OCH3 is 1. The standard InChI is InChI=1S/C17H14N2O3/c1-21-12-4-2-3-10(7-12)16-13-6-5-11(20)8-15(13)22-17(19)14(16)9-18/h2-8,16,20H,19H2,1H3/t16-/m0/s1. The van der Waals surface area contributed by atoms with Crippen molar-refractivity contribution in [3.63, 3.8) is 0 Å². The summed E-state index contributed by atoms with van der Waals surface area (Å²) in [5, 5.41) is 19.1. The second-order valence-electron chi connectivity index (χ2n) is 4.92. The zero-order valence-electron chi connectivity index (χ0n) is 11.9. The maximum Gasteiger partial charge on any atom is 0.205 e. The third-order valence-corrected chi connectivity index (χ3v) is 3.63. The largest absolute Gasteiger partial charge is 0.508 e. The number of phenolic OH excluding ortho intramolecular Hbond substituents is 1. The number of aromatic hydroxyl groups is 1. The topological polar surface area (TPSA) is 88.5 Å². The predicted octanol–water partition coefficient (Wildman–Crippen LogP) is 2.62. The van der Waals surface area contributed by atoms with Gasteiger partial charge in [0.05, 0.1) is 13.0 Å². The molecular weight excluding hydrogens is 280 g/mol. The smallest absolute Gasteiger partial charge is 0.205 e. The molecule has 5 nitrogen and oxygen atoms in total. The lowest BCUT2D eigenvalue weighted by atomic mass is 9.83. The number of allylic oxidation sites excluding steroid dienone is 1. The van der Waals surface area contributed by atoms with Crippen molar-refractivity contribution < 1.29 is 14.6 Å². The summed E-state index contributed by atoms with van der Waals surface area (Å²) >= 11 is 0. The summed E-state index contributed by atoms with van der Waals surface area (Å²) in [5.41, 5.74) is 7.86. The Labute approximate surface area is 127 Å². The molecule has 0 bridgehead atoms. The third-order valence-electron chi connectivity index (χ3n) is 3.63. The zero-order chi connectivity index (χ0) is 15.7. The Morgan fingerprint density at radius 3 is 2.82 bits per heavy atom. The van der Waals surface area contributed by atoms with Crippen molar-refractivity contribution in [2.24, 2.45) is 5.73 Å². The monoisotopic (exact) mass is 294 g/mol. The van der Waals surface area contributed by atoms with Crippen molar-refractivity contribution in [1.82, 2.24) is 0 Å². The minimum atomic E-state index is -0.357. The van der Waals surface area contributed by atoms with Gasteiger partial charge in [-0.15, -0.1) is 0 Å². The molecule has 0 saturated heterocycles. The number of nitrogens with zero attached hydrogens (tertiary/aromatic N) is 1. The molecule has 2 aromatic carbocycles. The minimum Gasteiger partial charge on any atom is -0.508 e. The lowest BCUT2D eigenvalue weighted by Gasteiger charge is -2.26. The Bertz CT molecular complexity index is 806. The summed E-state index contributed by atoms with van der Waals surface area (Å²) in [7, 11) is 1.59. The first kappa shape index (κ1) is 13.8. The molecular formula is C17H14N2O3. The van der Waals surface area contributed by atoms with Gasteiger partial charge in [0, 0.05) is 11.6 Å². The molecule has 0 fully saturated rings. The Hall–Kier alpha value is -3.13. The summed E-state index contributed by atoms with van der Waals surface area (Å²) in [6.45, 7) is 0. The number of phenols is 1. The van der Waals surface area contributed by atoms with Crippen molar-refractivity contribution in [1.29, 1.82) is 5.26 Å².